The number of nitriles is 1. The number of nitrogens with zero attached hydrogens (tertiary/aromatic N) is 1. The second kappa shape index (κ2) is 7.65. The SMILES string of the molecule is COc1cc(C#N)ccc1OCC(C)CNC(C)C. The lowest BCUT2D eigenvalue weighted by atomic mass is 10.2. The van der Waals surface area contributed by atoms with E-state index in [4.69, 9.17) is 14.7 Å². The number of hydrogen-bond donors (Lipinski definition) is 1. The van der Waals surface area contributed by atoms with Crippen LogP contribution in [0.5, 0.6) is 11.5 Å². The van der Waals surface area contributed by atoms with Crippen molar-refractivity contribution in [3.05, 3.63) is 23.8 Å². The van der Waals surface area contributed by atoms with Crippen molar-refractivity contribution in [1.82, 2.24) is 5.32 Å². The molecule has 104 valence electrons. The Labute approximate surface area is 115 Å². The van der Waals surface area contributed by atoms with Crippen LogP contribution in [0.3, 0.4) is 0 Å². The molecule has 1 atom stereocenters. The molecule has 4 nitrogen and oxygen atoms in total. The van der Waals surface area contributed by atoms with Crippen LogP contribution >= 0.6 is 0 Å². The van der Waals surface area contributed by atoms with Gasteiger partial charge in [-0.05, 0) is 12.1 Å². The number of methoxy groups -OCH3 is 1. The van der Waals surface area contributed by atoms with Gasteiger partial charge in [0.25, 0.3) is 0 Å². The summed E-state index contributed by atoms with van der Waals surface area (Å²) in [6.07, 6.45) is 0. The quantitative estimate of drug-likeness (QED) is 0.820. The van der Waals surface area contributed by atoms with E-state index >= 15 is 0 Å². The Bertz CT molecular complexity index is 438. The first-order chi connectivity index (χ1) is 9.06. The number of ether oxygens (including phenoxy) is 2. The van der Waals surface area contributed by atoms with E-state index in [1.807, 2.05) is 0 Å². The normalized spacial score (nSPS) is 12.0. The molecule has 0 aliphatic rings. The van der Waals surface area contributed by atoms with Crippen LogP contribution < -0.4 is 14.8 Å². The van der Waals surface area contributed by atoms with Crippen molar-refractivity contribution in [1.29, 1.82) is 5.26 Å². The van der Waals surface area contributed by atoms with Gasteiger partial charge in [-0.1, -0.05) is 20.8 Å². The molecule has 0 fully saturated rings. The fourth-order valence-electron chi connectivity index (χ4n) is 1.58. The first-order valence-electron chi connectivity index (χ1n) is 6.51. The summed E-state index contributed by atoms with van der Waals surface area (Å²) in [5.41, 5.74) is 0.568. The lowest BCUT2D eigenvalue weighted by Crippen LogP contribution is -2.30. The Balaban J connectivity index is 2.55. The Morgan fingerprint density at radius 2 is 2.00 bits per heavy atom. The van der Waals surface area contributed by atoms with Gasteiger partial charge in [0.2, 0.25) is 0 Å². The van der Waals surface area contributed by atoms with Crippen molar-refractivity contribution in [2.75, 3.05) is 20.3 Å². The fourth-order valence-corrected chi connectivity index (χ4v) is 1.58. The average Bonchev–Trinajstić information content (AvgIpc) is 2.42. The minimum absolute atomic E-state index is 0.405. The third-order valence-corrected chi connectivity index (χ3v) is 2.69. The largest absolute Gasteiger partial charge is 0.493 e. The lowest BCUT2D eigenvalue weighted by Gasteiger charge is -2.17. The Morgan fingerprint density at radius 3 is 2.58 bits per heavy atom. The predicted molar refractivity (Wildman–Crippen MR) is 75.5 cm³/mol. The molecule has 4 heteroatoms. The van der Waals surface area contributed by atoms with E-state index in [1.165, 1.54) is 0 Å². The summed E-state index contributed by atoms with van der Waals surface area (Å²) in [5.74, 6) is 1.68. The zero-order valence-corrected chi connectivity index (χ0v) is 12.1. The third kappa shape index (κ3) is 5.19. The summed E-state index contributed by atoms with van der Waals surface area (Å²) in [4.78, 5) is 0. The summed E-state index contributed by atoms with van der Waals surface area (Å²) in [6, 6.07) is 7.76. The second-order valence-corrected chi connectivity index (χ2v) is 4.96. The van der Waals surface area contributed by atoms with Crippen LogP contribution in [0.15, 0.2) is 18.2 Å². The van der Waals surface area contributed by atoms with Crippen LogP contribution in [0.4, 0.5) is 0 Å². The maximum absolute atomic E-state index is 8.83. The van der Waals surface area contributed by atoms with Gasteiger partial charge in [-0.25, -0.2) is 0 Å². The molecule has 0 aliphatic heterocycles. The molecule has 0 spiro atoms. The van der Waals surface area contributed by atoms with E-state index in [0.29, 0.717) is 35.6 Å². The zero-order valence-electron chi connectivity index (χ0n) is 12.1. The number of benzene rings is 1. The van der Waals surface area contributed by atoms with Crippen molar-refractivity contribution in [2.24, 2.45) is 5.92 Å². The summed E-state index contributed by atoms with van der Waals surface area (Å²) >= 11 is 0. The van der Waals surface area contributed by atoms with Crippen molar-refractivity contribution in [3.63, 3.8) is 0 Å². The van der Waals surface area contributed by atoms with Crippen LogP contribution in [-0.4, -0.2) is 26.3 Å². The van der Waals surface area contributed by atoms with Crippen molar-refractivity contribution in [3.8, 4) is 17.6 Å². The van der Waals surface area contributed by atoms with Gasteiger partial charge in [-0.2, -0.15) is 5.26 Å². The zero-order chi connectivity index (χ0) is 14.3. The van der Waals surface area contributed by atoms with E-state index in [9.17, 15) is 0 Å². The maximum atomic E-state index is 8.83. The minimum atomic E-state index is 0.405. The molecule has 0 radical (unpaired) electrons. The molecule has 1 aromatic carbocycles. The Kier molecular flexibility index (Phi) is 6.17. The van der Waals surface area contributed by atoms with E-state index in [1.54, 1.807) is 25.3 Å². The molecule has 0 bridgehead atoms. The molecular formula is C15H22N2O2. The summed E-state index contributed by atoms with van der Waals surface area (Å²) in [6.45, 7) is 7.90. The molecule has 1 rings (SSSR count). The second-order valence-electron chi connectivity index (χ2n) is 4.96. The summed E-state index contributed by atoms with van der Waals surface area (Å²) in [5, 5.41) is 12.2. The van der Waals surface area contributed by atoms with Gasteiger partial charge in [0.1, 0.15) is 0 Å². The monoisotopic (exact) mass is 262 g/mol. The first-order valence-corrected chi connectivity index (χ1v) is 6.51. The van der Waals surface area contributed by atoms with Crippen LogP contribution in [-0.2, 0) is 0 Å². The molecule has 1 N–H and O–H groups in total. The number of nitrogens with one attached hydrogen (secondary N) is 1. The Hall–Kier alpha value is -1.73. The summed E-state index contributed by atoms with van der Waals surface area (Å²) < 4.78 is 11.0. The first kappa shape index (κ1) is 15.3. The molecule has 0 heterocycles. The molecule has 0 amide bonds. The van der Waals surface area contributed by atoms with Gasteiger partial charge in [0, 0.05) is 24.6 Å². The Morgan fingerprint density at radius 1 is 1.26 bits per heavy atom. The van der Waals surface area contributed by atoms with E-state index in [-0.39, 0.29) is 0 Å². The number of hydrogen-bond acceptors (Lipinski definition) is 4. The van der Waals surface area contributed by atoms with Gasteiger partial charge < -0.3 is 14.8 Å². The predicted octanol–water partition coefficient (Wildman–Crippen LogP) is 2.58. The van der Waals surface area contributed by atoms with E-state index < -0.39 is 0 Å². The molecule has 0 aromatic heterocycles. The lowest BCUT2D eigenvalue weighted by molar-refractivity contribution is 0.242. The molecule has 19 heavy (non-hydrogen) atoms. The van der Waals surface area contributed by atoms with Crippen molar-refractivity contribution in [2.45, 2.75) is 26.8 Å². The highest BCUT2D eigenvalue weighted by molar-refractivity contribution is 5.46. The molecule has 1 unspecified atom stereocenters. The van der Waals surface area contributed by atoms with Crippen LogP contribution in [0.2, 0.25) is 0 Å². The highest BCUT2D eigenvalue weighted by Crippen LogP contribution is 2.28. The van der Waals surface area contributed by atoms with E-state index in [0.717, 1.165) is 6.54 Å². The van der Waals surface area contributed by atoms with Gasteiger partial charge in [0.15, 0.2) is 11.5 Å². The third-order valence-electron chi connectivity index (χ3n) is 2.69. The smallest absolute Gasteiger partial charge is 0.162 e. The molecule has 1 aromatic rings. The van der Waals surface area contributed by atoms with Gasteiger partial charge in [0.05, 0.1) is 25.3 Å². The van der Waals surface area contributed by atoms with Crippen LogP contribution in [0, 0.1) is 17.2 Å². The number of rotatable bonds is 7. The van der Waals surface area contributed by atoms with Gasteiger partial charge in [-0.15, -0.1) is 0 Å². The summed E-state index contributed by atoms with van der Waals surface area (Å²) in [7, 11) is 1.58. The average molecular weight is 262 g/mol. The standard InChI is InChI=1S/C15H22N2O2/c1-11(2)17-9-12(3)10-19-14-6-5-13(8-16)7-15(14)18-4/h5-7,11-12,17H,9-10H2,1-4H3. The van der Waals surface area contributed by atoms with E-state index in [2.05, 4.69) is 32.2 Å². The molecular weight excluding hydrogens is 240 g/mol. The minimum Gasteiger partial charge on any atom is -0.493 e. The fraction of sp³-hybridized carbons (Fsp3) is 0.533. The van der Waals surface area contributed by atoms with Gasteiger partial charge in [-0.3, -0.25) is 0 Å². The van der Waals surface area contributed by atoms with Crippen LogP contribution in [0.25, 0.3) is 0 Å². The topological polar surface area (TPSA) is 54.3 Å². The van der Waals surface area contributed by atoms with Gasteiger partial charge >= 0.3 is 0 Å². The molecule has 0 saturated carbocycles. The highest BCUT2D eigenvalue weighted by atomic mass is 16.5. The van der Waals surface area contributed by atoms with Crippen LogP contribution in [0.1, 0.15) is 26.3 Å². The molecule has 0 aliphatic carbocycles. The molecule has 0 saturated heterocycles. The van der Waals surface area contributed by atoms with Crippen molar-refractivity contribution >= 4 is 0 Å². The van der Waals surface area contributed by atoms with Crippen molar-refractivity contribution < 1.29 is 9.47 Å². The maximum Gasteiger partial charge on any atom is 0.162 e. The highest BCUT2D eigenvalue weighted by Gasteiger charge is 2.08.